The van der Waals surface area contributed by atoms with Crippen molar-refractivity contribution >= 4 is 0 Å². The van der Waals surface area contributed by atoms with Crippen LogP contribution in [0.1, 0.15) is 5.56 Å². The van der Waals surface area contributed by atoms with Crippen LogP contribution in [0.4, 0.5) is 0 Å². The monoisotopic (exact) mass is 178 g/mol. The Balaban J connectivity index is 1.98. The summed E-state index contributed by atoms with van der Waals surface area (Å²) < 4.78 is 0. The minimum absolute atomic E-state index is 0.0557. The van der Waals surface area contributed by atoms with Crippen LogP contribution in [0, 0.1) is 5.92 Å². The molecular formula is C9H14N4. The quantitative estimate of drug-likeness (QED) is 0.578. The number of nitrogens with one attached hydrogen (secondary N) is 2. The van der Waals surface area contributed by atoms with Crippen molar-refractivity contribution in [3.05, 3.63) is 30.1 Å². The van der Waals surface area contributed by atoms with Crippen molar-refractivity contribution in [3.63, 3.8) is 0 Å². The summed E-state index contributed by atoms with van der Waals surface area (Å²) in [7, 11) is 0. The highest BCUT2D eigenvalue weighted by Crippen LogP contribution is 2.10. The lowest BCUT2D eigenvalue weighted by Gasteiger charge is -2.12. The third-order valence-electron chi connectivity index (χ3n) is 2.36. The summed E-state index contributed by atoms with van der Waals surface area (Å²) in [6.07, 6.45) is 4.72. The molecule has 1 aromatic heterocycles. The van der Waals surface area contributed by atoms with Crippen molar-refractivity contribution in [2.24, 2.45) is 11.7 Å². The molecule has 2 heterocycles. The van der Waals surface area contributed by atoms with Gasteiger partial charge in [0.25, 0.3) is 0 Å². The molecule has 2 unspecified atom stereocenters. The van der Waals surface area contributed by atoms with Gasteiger partial charge in [0.1, 0.15) is 0 Å². The molecule has 0 bridgehead atoms. The lowest BCUT2D eigenvalue weighted by Crippen LogP contribution is -2.39. The molecule has 1 aliphatic heterocycles. The number of pyridine rings is 1. The summed E-state index contributed by atoms with van der Waals surface area (Å²) in [6, 6.07) is 4.04. The topological polar surface area (TPSA) is 63.0 Å². The van der Waals surface area contributed by atoms with E-state index in [0.29, 0.717) is 5.92 Å². The van der Waals surface area contributed by atoms with Crippen LogP contribution >= 0.6 is 0 Å². The van der Waals surface area contributed by atoms with Gasteiger partial charge in [-0.05, 0) is 18.1 Å². The third-order valence-corrected chi connectivity index (χ3v) is 2.36. The van der Waals surface area contributed by atoms with E-state index in [1.165, 1.54) is 5.56 Å². The van der Waals surface area contributed by atoms with E-state index in [1.54, 1.807) is 6.20 Å². The van der Waals surface area contributed by atoms with E-state index in [-0.39, 0.29) is 6.17 Å². The average molecular weight is 178 g/mol. The highest BCUT2D eigenvalue weighted by Gasteiger charge is 2.22. The first-order valence-corrected chi connectivity index (χ1v) is 4.49. The Labute approximate surface area is 77.5 Å². The van der Waals surface area contributed by atoms with Gasteiger partial charge < -0.3 is 5.73 Å². The zero-order chi connectivity index (χ0) is 9.10. The second-order valence-corrected chi connectivity index (χ2v) is 3.38. The van der Waals surface area contributed by atoms with Crippen LogP contribution in [-0.2, 0) is 6.42 Å². The summed E-state index contributed by atoms with van der Waals surface area (Å²) in [5.41, 5.74) is 13.1. The van der Waals surface area contributed by atoms with Crippen molar-refractivity contribution in [1.29, 1.82) is 0 Å². The van der Waals surface area contributed by atoms with Crippen molar-refractivity contribution in [2.75, 3.05) is 6.54 Å². The van der Waals surface area contributed by atoms with Crippen LogP contribution in [0.5, 0.6) is 0 Å². The maximum Gasteiger partial charge on any atom is 0.0723 e. The number of hydrogen-bond acceptors (Lipinski definition) is 4. The summed E-state index contributed by atoms with van der Waals surface area (Å²) in [5, 5.41) is 0. The zero-order valence-corrected chi connectivity index (χ0v) is 7.40. The summed E-state index contributed by atoms with van der Waals surface area (Å²) in [4.78, 5) is 4.07. The number of rotatable bonds is 2. The van der Waals surface area contributed by atoms with Crippen LogP contribution in [0.25, 0.3) is 0 Å². The molecule has 1 aromatic rings. The standard InChI is InChI=1S/C9H14N4/c10-9-8(6-12-13-9)4-7-2-1-3-11-5-7/h1-3,5,8-9,12-13H,4,6,10H2. The lowest BCUT2D eigenvalue weighted by molar-refractivity contribution is 0.468. The van der Waals surface area contributed by atoms with Gasteiger partial charge in [0, 0.05) is 24.9 Å². The predicted molar refractivity (Wildman–Crippen MR) is 50.5 cm³/mol. The first-order valence-electron chi connectivity index (χ1n) is 4.49. The Morgan fingerprint density at radius 2 is 2.54 bits per heavy atom. The number of hydrazine groups is 1. The van der Waals surface area contributed by atoms with Gasteiger partial charge in [-0.15, -0.1) is 0 Å². The maximum absolute atomic E-state index is 5.83. The Morgan fingerprint density at radius 3 is 3.15 bits per heavy atom. The molecule has 4 N–H and O–H groups in total. The van der Waals surface area contributed by atoms with Crippen LogP contribution in [0.15, 0.2) is 24.5 Å². The Hall–Kier alpha value is -0.970. The number of aromatic nitrogens is 1. The van der Waals surface area contributed by atoms with Gasteiger partial charge in [-0.2, -0.15) is 0 Å². The van der Waals surface area contributed by atoms with E-state index >= 15 is 0 Å². The summed E-state index contributed by atoms with van der Waals surface area (Å²) in [5.74, 6) is 0.462. The first-order chi connectivity index (χ1) is 6.36. The Bertz CT molecular complexity index is 262. The fourth-order valence-corrected chi connectivity index (χ4v) is 1.57. The van der Waals surface area contributed by atoms with E-state index in [0.717, 1.165) is 13.0 Å². The number of nitrogens with two attached hydrogens (primary N) is 1. The van der Waals surface area contributed by atoms with E-state index in [2.05, 4.69) is 21.9 Å². The molecule has 1 aliphatic rings. The molecule has 0 aromatic carbocycles. The minimum Gasteiger partial charge on any atom is -0.315 e. The highest BCUT2D eigenvalue weighted by atomic mass is 15.4. The predicted octanol–water partition coefficient (Wildman–Crippen LogP) is -0.367. The minimum atomic E-state index is 0.0557. The molecule has 0 spiro atoms. The Morgan fingerprint density at radius 1 is 1.62 bits per heavy atom. The lowest BCUT2D eigenvalue weighted by atomic mass is 9.99. The molecule has 1 fully saturated rings. The van der Waals surface area contributed by atoms with E-state index in [4.69, 9.17) is 5.73 Å². The molecule has 2 rings (SSSR count). The fourth-order valence-electron chi connectivity index (χ4n) is 1.57. The molecule has 1 saturated heterocycles. The van der Waals surface area contributed by atoms with Gasteiger partial charge in [-0.3, -0.25) is 10.4 Å². The van der Waals surface area contributed by atoms with Crippen molar-refractivity contribution < 1.29 is 0 Å². The largest absolute Gasteiger partial charge is 0.315 e. The van der Waals surface area contributed by atoms with Crippen LogP contribution in [-0.4, -0.2) is 17.7 Å². The molecule has 0 amide bonds. The smallest absolute Gasteiger partial charge is 0.0723 e. The summed E-state index contributed by atoms with van der Waals surface area (Å²) in [6.45, 7) is 0.927. The summed E-state index contributed by atoms with van der Waals surface area (Å²) >= 11 is 0. The molecule has 0 saturated carbocycles. The number of nitrogens with zero attached hydrogens (tertiary/aromatic N) is 1. The number of hydrogen-bond donors (Lipinski definition) is 3. The molecule has 13 heavy (non-hydrogen) atoms. The molecular weight excluding hydrogens is 164 g/mol. The molecule has 2 atom stereocenters. The van der Waals surface area contributed by atoms with Gasteiger partial charge in [0.15, 0.2) is 0 Å². The van der Waals surface area contributed by atoms with E-state index in [9.17, 15) is 0 Å². The van der Waals surface area contributed by atoms with E-state index < -0.39 is 0 Å². The molecule has 0 aliphatic carbocycles. The average Bonchev–Trinajstić information content (AvgIpc) is 2.54. The van der Waals surface area contributed by atoms with Gasteiger partial charge in [0.2, 0.25) is 0 Å². The first kappa shape index (κ1) is 8.62. The Kier molecular flexibility index (Phi) is 2.54. The maximum atomic E-state index is 5.83. The molecule has 0 radical (unpaired) electrons. The van der Waals surface area contributed by atoms with Gasteiger partial charge in [0.05, 0.1) is 6.17 Å². The normalized spacial score (nSPS) is 27.8. The van der Waals surface area contributed by atoms with Crippen molar-refractivity contribution in [2.45, 2.75) is 12.6 Å². The fraction of sp³-hybridized carbons (Fsp3) is 0.444. The van der Waals surface area contributed by atoms with E-state index in [1.807, 2.05) is 12.3 Å². The van der Waals surface area contributed by atoms with Crippen LogP contribution < -0.4 is 16.6 Å². The molecule has 4 nitrogen and oxygen atoms in total. The van der Waals surface area contributed by atoms with Crippen LogP contribution in [0.3, 0.4) is 0 Å². The molecule has 70 valence electrons. The van der Waals surface area contributed by atoms with Gasteiger partial charge >= 0.3 is 0 Å². The van der Waals surface area contributed by atoms with Crippen molar-refractivity contribution in [1.82, 2.24) is 15.8 Å². The molecule has 4 heteroatoms. The second-order valence-electron chi connectivity index (χ2n) is 3.38. The zero-order valence-electron chi connectivity index (χ0n) is 7.40. The van der Waals surface area contributed by atoms with Gasteiger partial charge in [-0.1, -0.05) is 6.07 Å². The van der Waals surface area contributed by atoms with Crippen molar-refractivity contribution in [3.8, 4) is 0 Å². The van der Waals surface area contributed by atoms with Crippen LogP contribution in [0.2, 0.25) is 0 Å². The third kappa shape index (κ3) is 2.03. The second kappa shape index (κ2) is 3.83. The SMILES string of the molecule is NC1NNCC1Cc1cccnc1. The highest BCUT2D eigenvalue weighted by molar-refractivity contribution is 5.10. The van der Waals surface area contributed by atoms with Gasteiger partial charge in [-0.25, -0.2) is 5.43 Å².